The van der Waals surface area contributed by atoms with E-state index in [1.807, 2.05) is 0 Å². The van der Waals surface area contributed by atoms with Crippen LogP contribution in [0.1, 0.15) is 19.8 Å². The first-order chi connectivity index (χ1) is 4.34. The van der Waals surface area contributed by atoms with Gasteiger partial charge in [0.2, 0.25) is 0 Å². The van der Waals surface area contributed by atoms with Crippen LogP contribution in [0.15, 0.2) is 12.2 Å². The molecule has 1 unspecified atom stereocenters. The third-order valence-corrected chi connectivity index (χ3v) is 2.17. The molecule has 1 aliphatic carbocycles. The molecule has 52 valence electrons. The van der Waals surface area contributed by atoms with Crippen LogP contribution in [-0.2, 0) is 0 Å². The van der Waals surface area contributed by atoms with Crippen LogP contribution >= 0.6 is 11.8 Å². The average Bonchev–Trinajstić information content (AvgIpc) is 1.89. The van der Waals surface area contributed by atoms with Crippen LogP contribution in [0, 0.1) is 5.92 Å². The Morgan fingerprint density at radius 2 is 2.11 bits per heavy atom. The highest BCUT2D eigenvalue weighted by molar-refractivity contribution is 6.13. The quantitative estimate of drug-likeness (QED) is 0.440. The number of hydrogen-bond acceptors (Lipinski definition) is 1. The van der Waals surface area contributed by atoms with E-state index in [2.05, 4.69) is 23.9 Å². The highest BCUT2D eigenvalue weighted by atomic mass is 35.5. The fourth-order valence-corrected chi connectivity index (χ4v) is 1.41. The minimum atomic E-state index is 0.483. The van der Waals surface area contributed by atoms with E-state index in [1.54, 1.807) is 0 Å². The molecule has 0 radical (unpaired) electrons. The first kappa shape index (κ1) is 7.10. The average molecular weight is 146 g/mol. The molecule has 2 heteroatoms. The molecular formula is C7H12ClN. The molecule has 1 aliphatic rings. The summed E-state index contributed by atoms with van der Waals surface area (Å²) < 4.78 is 0. The predicted octanol–water partition coefficient (Wildman–Crippen LogP) is 2.08. The van der Waals surface area contributed by atoms with Gasteiger partial charge in [-0.1, -0.05) is 19.1 Å². The maximum atomic E-state index is 5.49. The van der Waals surface area contributed by atoms with Crippen molar-refractivity contribution in [1.82, 2.24) is 4.84 Å². The van der Waals surface area contributed by atoms with Gasteiger partial charge in [0.05, 0.1) is 0 Å². The topological polar surface area (TPSA) is 12.0 Å². The highest BCUT2D eigenvalue weighted by Crippen LogP contribution is 2.18. The lowest BCUT2D eigenvalue weighted by atomic mass is 9.92. The van der Waals surface area contributed by atoms with E-state index in [9.17, 15) is 0 Å². The van der Waals surface area contributed by atoms with Gasteiger partial charge in [0.15, 0.2) is 0 Å². The van der Waals surface area contributed by atoms with E-state index in [4.69, 9.17) is 11.8 Å². The molecule has 0 amide bonds. The Bertz CT molecular complexity index is 111. The van der Waals surface area contributed by atoms with Crippen LogP contribution in [0.2, 0.25) is 0 Å². The zero-order valence-electron chi connectivity index (χ0n) is 5.60. The van der Waals surface area contributed by atoms with Gasteiger partial charge in [0, 0.05) is 6.04 Å². The SMILES string of the molecule is C[C@H]1CC=CCC1NCl. The van der Waals surface area contributed by atoms with Crippen LogP contribution in [0.3, 0.4) is 0 Å². The van der Waals surface area contributed by atoms with Gasteiger partial charge in [-0.25, -0.2) is 4.84 Å². The van der Waals surface area contributed by atoms with Gasteiger partial charge < -0.3 is 0 Å². The van der Waals surface area contributed by atoms with E-state index < -0.39 is 0 Å². The smallest absolute Gasteiger partial charge is 0.0283 e. The summed E-state index contributed by atoms with van der Waals surface area (Å²) in [7, 11) is 0. The van der Waals surface area contributed by atoms with Gasteiger partial charge >= 0.3 is 0 Å². The molecule has 0 fully saturated rings. The van der Waals surface area contributed by atoms with E-state index in [1.165, 1.54) is 0 Å². The van der Waals surface area contributed by atoms with E-state index in [0.29, 0.717) is 12.0 Å². The van der Waals surface area contributed by atoms with Gasteiger partial charge in [-0.15, -0.1) is 0 Å². The summed E-state index contributed by atoms with van der Waals surface area (Å²) in [5, 5.41) is 0. The zero-order valence-corrected chi connectivity index (χ0v) is 6.36. The molecule has 0 aromatic carbocycles. The number of rotatable bonds is 1. The second-order valence-electron chi connectivity index (χ2n) is 2.64. The fourth-order valence-electron chi connectivity index (χ4n) is 1.10. The fraction of sp³-hybridized carbons (Fsp3) is 0.714. The minimum Gasteiger partial charge on any atom is -0.230 e. The molecule has 2 atom stereocenters. The van der Waals surface area contributed by atoms with E-state index in [0.717, 1.165) is 12.8 Å². The Hall–Kier alpha value is -0.0100. The number of nitrogens with one attached hydrogen (secondary N) is 1. The third-order valence-electron chi connectivity index (χ3n) is 1.89. The Balaban J connectivity index is 2.43. The Labute approximate surface area is 61.2 Å². The lowest BCUT2D eigenvalue weighted by Gasteiger charge is -2.22. The van der Waals surface area contributed by atoms with Crippen molar-refractivity contribution in [3.63, 3.8) is 0 Å². The van der Waals surface area contributed by atoms with Crippen LogP contribution in [0.25, 0.3) is 0 Å². The largest absolute Gasteiger partial charge is 0.230 e. The third kappa shape index (κ3) is 1.70. The molecule has 0 aliphatic heterocycles. The van der Waals surface area contributed by atoms with Crippen LogP contribution < -0.4 is 4.84 Å². The van der Waals surface area contributed by atoms with Crippen molar-refractivity contribution in [1.29, 1.82) is 0 Å². The molecule has 1 nitrogen and oxygen atoms in total. The summed E-state index contributed by atoms with van der Waals surface area (Å²) in [6, 6.07) is 0.483. The zero-order chi connectivity index (χ0) is 6.69. The maximum Gasteiger partial charge on any atom is 0.0283 e. The summed E-state index contributed by atoms with van der Waals surface area (Å²) in [6.07, 6.45) is 6.63. The molecule has 0 spiro atoms. The summed E-state index contributed by atoms with van der Waals surface area (Å²) in [6.45, 7) is 2.21. The molecule has 0 aromatic rings. The molecule has 1 N–H and O–H groups in total. The number of allylic oxidation sites excluding steroid dienone is 1. The molecule has 9 heavy (non-hydrogen) atoms. The summed E-state index contributed by atoms with van der Waals surface area (Å²) >= 11 is 5.49. The normalized spacial score (nSPS) is 34.9. The summed E-state index contributed by atoms with van der Waals surface area (Å²) in [4.78, 5) is 2.77. The maximum absolute atomic E-state index is 5.49. The summed E-state index contributed by atoms with van der Waals surface area (Å²) in [5.74, 6) is 0.687. The molecule has 0 aromatic heterocycles. The second kappa shape index (κ2) is 3.23. The standard InChI is InChI=1S/C7H12ClN/c1-6-4-2-3-5-7(6)9-8/h2-3,6-7,9H,4-5H2,1H3/t6-,7?/m0/s1. The van der Waals surface area contributed by atoms with E-state index in [-0.39, 0.29) is 0 Å². The minimum absolute atomic E-state index is 0.483. The van der Waals surface area contributed by atoms with Gasteiger partial charge in [-0.3, -0.25) is 0 Å². The van der Waals surface area contributed by atoms with Gasteiger partial charge in [-0.2, -0.15) is 0 Å². The van der Waals surface area contributed by atoms with E-state index >= 15 is 0 Å². The number of hydrogen-bond donors (Lipinski definition) is 1. The second-order valence-corrected chi connectivity index (χ2v) is 2.85. The molecule has 0 bridgehead atoms. The first-order valence-electron chi connectivity index (χ1n) is 3.35. The van der Waals surface area contributed by atoms with Crippen LogP contribution in [0.5, 0.6) is 0 Å². The van der Waals surface area contributed by atoms with Crippen LogP contribution in [0.4, 0.5) is 0 Å². The van der Waals surface area contributed by atoms with Crippen molar-refractivity contribution in [3.05, 3.63) is 12.2 Å². The Morgan fingerprint density at radius 1 is 1.44 bits per heavy atom. The highest BCUT2D eigenvalue weighted by Gasteiger charge is 2.15. The first-order valence-corrected chi connectivity index (χ1v) is 3.73. The Morgan fingerprint density at radius 3 is 2.56 bits per heavy atom. The molecule has 0 saturated heterocycles. The van der Waals surface area contributed by atoms with Crippen molar-refractivity contribution in [2.75, 3.05) is 0 Å². The predicted molar refractivity (Wildman–Crippen MR) is 40.3 cm³/mol. The van der Waals surface area contributed by atoms with Crippen molar-refractivity contribution >= 4 is 11.8 Å². The number of halogens is 1. The summed E-state index contributed by atoms with van der Waals surface area (Å²) in [5.41, 5.74) is 0. The van der Waals surface area contributed by atoms with Gasteiger partial charge in [0.1, 0.15) is 0 Å². The van der Waals surface area contributed by atoms with Crippen molar-refractivity contribution < 1.29 is 0 Å². The van der Waals surface area contributed by atoms with Gasteiger partial charge in [0.25, 0.3) is 0 Å². The molecule has 0 heterocycles. The van der Waals surface area contributed by atoms with Crippen molar-refractivity contribution in [2.24, 2.45) is 5.92 Å². The molecule has 1 rings (SSSR count). The lowest BCUT2D eigenvalue weighted by molar-refractivity contribution is 0.421. The molecule has 0 saturated carbocycles. The molecular weight excluding hydrogens is 134 g/mol. The lowest BCUT2D eigenvalue weighted by Crippen LogP contribution is -2.29. The monoisotopic (exact) mass is 145 g/mol. The van der Waals surface area contributed by atoms with Crippen LogP contribution in [-0.4, -0.2) is 6.04 Å². The van der Waals surface area contributed by atoms with Gasteiger partial charge in [-0.05, 0) is 30.5 Å². The Kier molecular flexibility index (Phi) is 2.55. The van der Waals surface area contributed by atoms with Crippen molar-refractivity contribution in [3.8, 4) is 0 Å². The van der Waals surface area contributed by atoms with Crippen molar-refractivity contribution in [2.45, 2.75) is 25.8 Å².